The SMILES string of the molecule is C[C@]1(c2ccccc2)C(=O)[C@]1(C)c1ccccc1. The first kappa shape index (κ1) is 11.2. The van der Waals surface area contributed by atoms with Crippen LogP contribution in [0.15, 0.2) is 60.7 Å². The van der Waals surface area contributed by atoms with Gasteiger partial charge in [-0.3, -0.25) is 4.79 Å². The van der Waals surface area contributed by atoms with Crippen molar-refractivity contribution in [1.82, 2.24) is 0 Å². The van der Waals surface area contributed by atoms with Crippen LogP contribution in [-0.2, 0) is 15.6 Å². The zero-order valence-corrected chi connectivity index (χ0v) is 10.7. The molecular formula is C17H16O. The van der Waals surface area contributed by atoms with E-state index in [2.05, 4.69) is 13.8 Å². The lowest BCUT2D eigenvalue weighted by Crippen LogP contribution is -2.15. The minimum absolute atomic E-state index is 0.312. The average molecular weight is 236 g/mol. The van der Waals surface area contributed by atoms with E-state index in [4.69, 9.17) is 0 Å². The standard InChI is InChI=1S/C17H16O/c1-16(13-9-5-3-6-10-13)15(18)17(16,2)14-11-7-4-8-12-14/h3-12H,1-2H3/t16-,17-/m0/s1. The first-order valence-corrected chi connectivity index (χ1v) is 6.28. The molecule has 0 bridgehead atoms. The second kappa shape index (κ2) is 3.55. The van der Waals surface area contributed by atoms with Crippen LogP contribution in [0.3, 0.4) is 0 Å². The Morgan fingerprint density at radius 2 is 1.00 bits per heavy atom. The van der Waals surface area contributed by atoms with Gasteiger partial charge in [0.25, 0.3) is 0 Å². The van der Waals surface area contributed by atoms with Crippen molar-refractivity contribution in [1.29, 1.82) is 0 Å². The molecule has 18 heavy (non-hydrogen) atoms. The van der Waals surface area contributed by atoms with E-state index in [0.717, 1.165) is 11.1 Å². The van der Waals surface area contributed by atoms with Gasteiger partial charge in [-0.05, 0) is 25.0 Å². The van der Waals surface area contributed by atoms with Gasteiger partial charge in [0.2, 0.25) is 0 Å². The topological polar surface area (TPSA) is 17.1 Å². The van der Waals surface area contributed by atoms with Crippen LogP contribution in [0.25, 0.3) is 0 Å². The van der Waals surface area contributed by atoms with Crippen LogP contribution in [0.5, 0.6) is 0 Å². The first-order valence-electron chi connectivity index (χ1n) is 6.28. The van der Waals surface area contributed by atoms with Crippen LogP contribution < -0.4 is 0 Å². The second-order valence-corrected chi connectivity index (χ2v) is 5.31. The Kier molecular flexibility index (Phi) is 2.21. The molecule has 1 heteroatoms. The van der Waals surface area contributed by atoms with Crippen molar-refractivity contribution in [3.05, 3.63) is 71.8 Å². The molecule has 0 amide bonds. The van der Waals surface area contributed by atoms with Gasteiger partial charge in [-0.1, -0.05) is 60.7 Å². The van der Waals surface area contributed by atoms with E-state index in [1.54, 1.807) is 0 Å². The molecule has 0 spiro atoms. The maximum absolute atomic E-state index is 12.5. The predicted octanol–water partition coefficient (Wildman–Crippen LogP) is 3.48. The Morgan fingerprint density at radius 1 is 0.667 bits per heavy atom. The number of ketones is 1. The summed E-state index contributed by atoms with van der Waals surface area (Å²) in [7, 11) is 0. The Labute approximate surface area is 107 Å². The molecule has 0 saturated heterocycles. The van der Waals surface area contributed by atoms with E-state index in [0.29, 0.717) is 5.78 Å². The zero-order chi connectivity index (χ0) is 12.8. The number of hydrogen-bond donors (Lipinski definition) is 0. The van der Waals surface area contributed by atoms with Crippen LogP contribution in [-0.4, -0.2) is 5.78 Å². The summed E-state index contributed by atoms with van der Waals surface area (Å²) in [6, 6.07) is 20.2. The molecule has 2 atom stereocenters. The number of rotatable bonds is 2. The number of carbonyl (C=O) groups is 1. The van der Waals surface area contributed by atoms with Crippen LogP contribution in [0, 0.1) is 0 Å². The monoisotopic (exact) mass is 236 g/mol. The minimum atomic E-state index is -0.379. The Morgan fingerprint density at radius 3 is 1.33 bits per heavy atom. The van der Waals surface area contributed by atoms with Crippen molar-refractivity contribution < 1.29 is 4.79 Å². The summed E-state index contributed by atoms with van der Waals surface area (Å²) in [5.41, 5.74) is 1.47. The van der Waals surface area contributed by atoms with Crippen LogP contribution in [0.2, 0.25) is 0 Å². The van der Waals surface area contributed by atoms with Crippen LogP contribution in [0.1, 0.15) is 25.0 Å². The third kappa shape index (κ3) is 1.19. The molecule has 0 aliphatic heterocycles. The largest absolute Gasteiger partial charge is 0.298 e. The summed E-state index contributed by atoms with van der Waals surface area (Å²) in [4.78, 5) is 12.5. The molecule has 0 unspecified atom stereocenters. The molecule has 90 valence electrons. The lowest BCUT2D eigenvalue weighted by atomic mass is 9.84. The van der Waals surface area contributed by atoms with E-state index in [-0.39, 0.29) is 10.8 Å². The van der Waals surface area contributed by atoms with Gasteiger partial charge in [-0.25, -0.2) is 0 Å². The molecule has 1 aliphatic carbocycles. The Hall–Kier alpha value is -1.89. The van der Waals surface area contributed by atoms with Gasteiger partial charge in [0.1, 0.15) is 0 Å². The highest BCUT2D eigenvalue weighted by molar-refractivity contribution is 6.17. The Bertz CT molecular complexity index is 534. The summed E-state index contributed by atoms with van der Waals surface area (Å²) < 4.78 is 0. The Balaban J connectivity index is 2.10. The smallest absolute Gasteiger partial charge is 0.156 e. The molecule has 2 aromatic carbocycles. The highest BCUT2D eigenvalue weighted by Gasteiger charge is 2.72. The maximum Gasteiger partial charge on any atom is 0.156 e. The number of benzene rings is 2. The summed E-state index contributed by atoms with van der Waals surface area (Å²) >= 11 is 0. The average Bonchev–Trinajstić information content (AvgIpc) is 2.90. The highest BCUT2D eigenvalue weighted by atomic mass is 16.1. The normalized spacial score (nSPS) is 30.2. The van der Waals surface area contributed by atoms with E-state index in [1.165, 1.54) is 0 Å². The van der Waals surface area contributed by atoms with Gasteiger partial charge in [0.15, 0.2) is 5.78 Å². The quantitative estimate of drug-likeness (QED) is 0.780. The molecule has 2 aromatic rings. The zero-order valence-electron chi connectivity index (χ0n) is 10.7. The van der Waals surface area contributed by atoms with Gasteiger partial charge in [-0.2, -0.15) is 0 Å². The van der Waals surface area contributed by atoms with Crippen molar-refractivity contribution in [3.63, 3.8) is 0 Å². The molecule has 0 radical (unpaired) electrons. The molecule has 1 aliphatic rings. The first-order chi connectivity index (χ1) is 8.62. The summed E-state index contributed by atoms with van der Waals surface area (Å²) in [6.07, 6.45) is 0. The fraction of sp³-hybridized carbons (Fsp3) is 0.235. The highest BCUT2D eigenvalue weighted by Crippen LogP contribution is 2.61. The van der Waals surface area contributed by atoms with E-state index in [1.807, 2.05) is 60.7 Å². The second-order valence-electron chi connectivity index (χ2n) is 5.31. The number of carbonyl (C=O) groups excluding carboxylic acids is 1. The lowest BCUT2D eigenvalue weighted by Gasteiger charge is -2.16. The summed E-state index contributed by atoms with van der Waals surface area (Å²) in [5.74, 6) is 0.312. The molecule has 3 rings (SSSR count). The molecule has 1 saturated carbocycles. The third-order valence-electron chi connectivity index (χ3n) is 4.55. The molecule has 1 nitrogen and oxygen atoms in total. The van der Waals surface area contributed by atoms with Crippen LogP contribution >= 0.6 is 0 Å². The third-order valence-corrected chi connectivity index (χ3v) is 4.55. The van der Waals surface area contributed by atoms with Crippen LogP contribution in [0.4, 0.5) is 0 Å². The minimum Gasteiger partial charge on any atom is -0.298 e. The lowest BCUT2D eigenvalue weighted by molar-refractivity contribution is -0.112. The maximum atomic E-state index is 12.5. The fourth-order valence-corrected chi connectivity index (χ4v) is 3.03. The molecule has 0 N–H and O–H groups in total. The molecule has 0 heterocycles. The van der Waals surface area contributed by atoms with Crippen molar-refractivity contribution in [2.75, 3.05) is 0 Å². The summed E-state index contributed by atoms with van der Waals surface area (Å²) in [6.45, 7) is 4.11. The van der Waals surface area contributed by atoms with Gasteiger partial charge in [0, 0.05) is 0 Å². The van der Waals surface area contributed by atoms with Gasteiger partial charge < -0.3 is 0 Å². The number of Topliss-reactive ketones (excluding diaryl/α,β-unsaturated/α-hetero) is 1. The molecule has 0 aromatic heterocycles. The van der Waals surface area contributed by atoms with E-state index in [9.17, 15) is 4.79 Å². The van der Waals surface area contributed by atoms with Crippen molar-refractivity contribution >= 4 is 5.78 Å². The molecule has 1 fully saturated rings. The predicted molar refractivity (Wildman–Crippen MR) is 72.6 cm³/mol. The number of hydrogen-bond acceptors (Lipinski definition) is 1. The van der Waals surface area contributed by atoms with E-state index >= 15 is 0 Å². The van der Waals surface area contributed by atoms with Crippen molar-refractivity contribution in [3.8, 4) is 0 Å². The van der Waals surface area contributed by atoms with Gasteiger partial charge in [-0.15, -0.1) is 0 Å². The van der Waals surface area contributed by atoms with E-state index < -0.39 is 0 Å². The fourth-order valence-electron chi connectivity index (χ4n) is 3.03. The summed E-state index contributed by atoms with van der Waals surface area (Å²) in [5, 5.41) is 0. The van der Waals surface area contributed by atoms with Crippen molar-refractivity contribution in [2.24, 2.45) is 0 Å². The molecular weight excluding hydrogens is 220 g/mol. The van der Waals surface area contributed by atoms with Gasteiger partial charge in [0.05, 0.1) is 10.8 Å². The van der Waals surface area contributed by atoms with Crippen molar-refractivity contribution in [2.45, 2.75) is 24.7 Å². The van der Waals surface area contributed by atoms with Gasteiger partial charge >= 0.3 is 0 Å².